The molecule has 24 heavy (non-hydrogen) atoms. The molecule has 2 aromatic carbocycles. The summed E-state index contributed by atoms with van der Waals surface area (Å²) in [5.41, 5.74) is 1.80. The van der Waals surface area contributed by atoms with Crippen molar-refractivity contribution in [3.05, 3.63) is 71.8 Å². The van der Waals surface area contributed by atoms with Crippen LogP contribution in [-0.4, -0.2) is 36.6 Å². The maximum atomic E-state index is 12.7. The Labute approximate surface area is 143 Å². The lowest BCUT2D eigenvalue weighted by Crippen LogP contribution is -2.41. The molecule has 0 aromatic heterocycles. The van der Waals surface area contributed by atoms with Crippen LogP contribution >= 0.6 is 0 Å². The predicted octanol–water partition coefficient (Wildman–Crippen LogP) is 3.56. The molecule has 1 saturated heterocycles. The minimum atomic E-state index is -0.112. The molecular weight excluding hydrogens is 298 g/mol. The number of Topliss-reactive ketones (excluding diaryl/α,β-unsaturated/α-hetero) is 2. The number of hydrogen-bond acceptors (Lipinski definition) is 3. The van der Waals surface area contributed by atoms with Crippen LogP contribution in [0.25, 0.3) is 0 Å². The number of ketones is 2. The molecule has 1 aliphatic heterocycles. The van der Waals surface area contributed by atoms with Crippen molar-refractivity contribution in [1.82, 2.24) is 4.90 Å². The van der Waals surface area contributed by atoms with Gasteiger partial charge in [0.25, 0.3) is 0 Å². The molecule has 0 aliphatic carbocycles. The molecule has 2 aromatic rings. The maximum absolute atomic E-state index is 12.7. The minimum Gasteiger partial charge on any atom is -0.305 e. The summed E-state index contributed by atoms with van der Waals surface area (Å²) in [7, 11) is 2.04. The van der Waals surface area contributed by atoms with Crippen LogP contribution in [0.2, 0.25) is 0 Å². The van der Waals surface area contributed by atoms with Crippen molar-refractivity contribution in [1.29, 1.82) is 0 Å². The maximum Gasteiger partial charge on any atom is 0.163 e. The van der Waals surface area contributed by atoms with Crippen LogP contribution in [0.1, 0.15) is 34.7 Å². The Hall–Kier alpha value is -2.26. The Kier molecular flexibility index (Phi) is 5.21. The standard InChI is InChI=1S/C21H23NO2/c1-22-13-12-20(23)19(15-22)18(16-8-4-2-5-9-16)14-21(24)17-10-6-3-7-11-17/h2-11,18-19H,12-15H2,1H3/t18-,19-/m0/s1. The molecule has 0 bridgehead atoms. The van der Waals surface area contributed by atoms with Gasteiger partial charge in [-0.2, -0.15) is 0 Å². The van der Waals surface area contributed by atoms with Gasteiger partial charge in [0.2, 0.25) is 0 Å². The molecule has 0 radical (unpaired) electrons. The van der Waals surface area contributed by atoms with Gasteiger partial charge in [0.05, 0.1) is 0 Å². The van der Waals surface area contributed by atoms with Crippen LogP contribution in [0.15, 0.2) is 60.7 Å². The van der Waals surface area contributed by atoms with E-state index in [1.165, 1.54) is 0 Å². The van der Waals surface area contributed by atoms with Gasteiger partial charge < -0.3 is 4.90 Å². The van der Waals surface area contributed by atoms with E-state index in [4.69, 9.17) is 0 Å². The number of carbonyl (C=O) groups is 2. The van der Waals surface area contributed by atoms with Gasteiger partial charge in [-0.25, -0.2) is 0 Å². The van der Waals surface area contributed by atoms with Crippen LogP contribution in [-0.2, 0) is 4.79 Å². The number of rotatable bonds is 5. The lowest BCUT2D eigenvalue weighted by molar-refractivity contribution is -0.126. The van der Waals surface area contributed by atoms with Gasteiger partial charge in [-0.15, -0.1) is 0 Å². The second-order valence-electron chi connectivity index (χ2n) is 6.60. The largest absolute Gasteiger partial charge is 0.305 e. The zero-order chi connectivity index (χ0) is 16.9. The Balaban J connectivity index is 1.88. The van der Waals surface area contributed by atoms with Gasteiger partial charge in [-0.05, 0) is 12.6 Å². The van der Waals surface area contributed by atoms with Crippen LogP contribution in [0.5, 0.6) is 0 Å². The van der Waals surface area contributed by atoms with E-state index in [2.05, 4.69) is 4.90 Å². The van der Waals surface area contributed by atoms with Crippen molar-refractivity contribution in [3.63, 3.8) is 0 Å². The van der Waals surface area contributed by atoms with Crippen LogP contribution < -0.4 is 0 Å². The Morgan fingerprint density at radius 1 is 1.08 bits per heavy atom. The highest BCUT2D eigenvalue weighted by Crippen LogP contribution is 2.33. The molecule has 0 N–H and O–H groups in total. The summed E-state index contributed by atoms with van der Waals surface area (Å²) in [5.74, 6) is 0.210. The predicted molar refractivity (Wildman–Crippen MR) is 95.2 cm³/mol. The van der Waals surface area contributed by atoms with E-state index in [1.807, 2.05) is 67.7 Å². The number of nitrogens with zero attached hydrogens (tertiary/aromatic N) is 1. The number of piperidine rings is 1. The van der Waals surface area contributed by atoms with E-state index in [9.17, 15) is 9.59 Å². The van der Waals surface area contributed by atoms with Crippen LogP contribution in [0, 0.1) is 5.92 Å². The number of benzene rings is 2. The van der Waals surface area contributed by atoms with Crippen molar-refractivity contribution in [2.24, 2.45) is 5.92 Å². The second-order valence-corrected chi connectivity index (χ2v) is 6.60. The summed E-state index contributed by atoms with van der Waals surface area (Å²) in [6.45, 7) is 1.53. The van der Waals surface area contributed by atoms with Crippen molar-refractivity contribution in [2.45, 2.75) is 18.8 Å². The highest BCUT2D eigenvalue weighted by atomic mass is 16.1. The fourth-order valence-corrected chi connectivity index (χ4v) is 3.50. The SMILES string of the molecule is CN1CCC(=O)[C@H]([C@@H](CC(=O)c2ccccc2)c2ccccc2)C1. The summed E-state index contributed by atoms with van der Waals surface area (Å²) >= 11 is 0. The van der Waals surface area contributed by atoms with E-state index in [0.717, 1.165) is 24.2 Å². The molecule has 124 valence electrons. The zero-order valence-corrected chi connectivity index (χ0v) is 14.0. The molecule has 3 rings (SSSR count). The third-order valence-electron chi connectivity index (χ3n) is 4.88. The highest BCUT2D eigenvalue weighted by molar-refractivity contribution is 5.97. The average molecular weight is 321 g/mol. The van der Waals surface area contributed by atoms with Crippen molar-refractivity contribution >= 4 is 11.6 Å². The Bertz CT molecular complexity index is 696. The zero-order valence-electron chi connectivity index (χ0n) is 14.0. The fourth-order valence-electron chi connectivity index (χ4n) is 3.50. The number of hydrogen-bond donors (Lipinski definition) is 0. The minimum absolute atomic E-state index is 0.0610. The van der Waals surface area contributed by atoms with Crippen molar-refractivity contribution in [2.75, 3.05) is 20.1 Å². The Morgan fingerprint density at radius 2 is 1.71 bits per heavy atom. The quantitative estimate of drug-likeness (QED) is 0.790. The first-order valence-corrected chi connectivity index (χ1v) is 8.49. The smallest absolute Gasteiger partial charge is 0.163 e. The lowest BCUT2D eigenvalue weighted by atomic mass is 9.77. The molecule has 3 heteroatoms. The third kappa shape index (κ3) is 3.80. The van der Waals surface area contributed by atoms with Gasteiger partial charge in [0.1, 0.15) is 5.78 Å². The van der Waals surface area contributed by atoms with Crippen molar-refractivity contribution in [3.8, 4) is 0 Å². The summed E-state index contributed by atoms with van der Waals surface area (Å²) in [6.07, 6.45) is 0.947. The van der Waals surface area contributed by atoms with E-state index >= 15 is 0 Å². The highest BCUT2D eigenvalue weighted by Gasteiger charge is 2.34. The van der Waals surface area contributed by atoms with E-state index in [-0.39, 0.29) is 23.4 Å². The monoisotopic (exact) mass is 321 g/mol. The number of likely N-dealkylation sites (tertiary alicyclic amines) is 1. The van der Waals surface area contributed by atoms with Gasteiger partial charge in [0, 0.05) is 43.3 Å². The van der Waals surface area contributed by atoms with E-state index < -0.39 is 0 Å². The van der Waals surface area contributed by atoms with E-state index in [0.29, 0.717) is 12.8 Å². The van der Waals surface area contributed by atoms with Crippen molar-refractivity contribution < 1.29 is 9.59 Å². The molecule has 0 spiro atoms. The van der Waals surface area contributed by atoms with Gasteiger partial charge in [0.15, 0.2) is 5.78 Å². The summed E-state index contributed by atoms with van der Waals surface area (Å²) in [4.78, 5) is 27.5. The fraction of sp³-hybridized carbons (Fsp3) is 0.333. The van der Waals surface area contributed by atoms with Gasteiger partial charge >= 0.3 is 0 Å². The van der Waals surface area contributed by atoms with Gasteiger partial charge in [-0.3, -0.25) is 9.59 Å². The summed E-state index contributed by atoms with van der Waals surface area (Å²) in [5, 5.41) is 0. The molecule has 1 heterocycles. The average Bonchev–Trinajstić information content (AvgIpc) is 2.63. The normalized spacial score (nSPS) is 19.9. The molecule has 0 amide bonds. The molecule has 0 unspecified atom stereocenters. The first-order valence-electron chi connectivity index (χ1n) is 8.49. The van der Waals surface area contributed by atoms with Crippen LogP contribution in [0.3, 0.4) is 0 Å². The molecule has 1 fully saturated rings. The topological polar surface area (TPSA) is 37.4 Å². The lowest BCUT2D eigenvalue weighted by Gasteiger charge is -2.34. The summed E-state index contributed by atoms with van der Waals surface area (Å²) in [6, 6.07) is 19.3. The first kappa shape index (κ1) is 16.6. The second kappa shape index (κ2) is 7.54. The number of carbonyl (C=O) groups excluding carboxylic acids is 2. The molecule has 3 nitrogen and oxygen atoms in total. The molecule has 2 atom stereocenters. The molecule has 1 aliphatic rings. The summed E-state index contributed by atoms with van der Waals surface area (Å²) < 4.78 is 0. The van der Waals surface area contributed by atoms with Gasteiger partial charge in [-0.1, -0.05) is 60.7 Å². The first-order chi connectivity index (χ1) is 11.6. The molecule has 0 saturated carbocycles. The third-order valence-corrected chi connectivity index (χ3v) is 4.88. The molecular formula is C21H23NO2. The van der Waals surface area contributed by atoms with Crippen LogP contribution in [0.4, 0.5) is 0 Å². The Morgan fingerprint density at radius 3 is 2.38 bits per heavy atom. The van der Waals surface area contributed by atoms with E-state index in [1.54, 1.807) is 0 Å².